The molecule has 8 nitrogen and oxygen atoms in total. The van der Waals surface area contributed by atoms with Crippen molar-refractivity contribution in [3.05, 3.63) is 97.1 Å². The molecule has 8 bridgehead atoms. The normalized spacial score (nSPS) is 11.6. The van der Waals surface area contributed by atoms with Gasteiger partial charge in [-0.05, 0) is 0 Å². The first-order valence-corrected chi connectivity index (χ1v) is 17.7. The topological polar surface area (TPSA) is 109 Å². The van der Waals surface area contributed by atoms with Crippen LogP contribution in [0, 0.1) is 0 Å². The van der Waals surface area contributed by atoms with E-state index in [1.165, 1.54) is 0 Å². The van der Waals surface area contributed by atoms with Gasteiger partial charge in [0.25, 0.3) is 0 Å². The molecule has 0 saturated carbocycles. The minimum atomic E-state index is 0.535. The zero-order chi connectivity index (χ0) is 28.2. The van der Waals surface area contributed by atoms with E-state index < -0.39 is 0 Å². The maximum atomic E-state index is 5.02. The summed E-state index contributed by atoms with van der Waals surface area (Å²) < 4.78 is 4.83. The van der Waals surface area contributed by atoms with E-state index in [-0.39, 0.29) is 0 Å². The SMILES string of the molecule is [Cl][K].c1ccc2c(c1)-c1nc-2nc2[nH]c(nc3nc(nc4[nH]c(n1)c1ccccc41)-c1ccccc1-3)c1ccccc21. The van der Waals surface area contributed by atoms with Gasteiger partial charge in [-0.25, -0.2) is 29.9 Å². The molecule has 3 aromatic heterocycles. The number of aromatic amines is 2. The molecule has 0 fully saturated rings. The van der Waals surface area contributed by atoms with Crippen LogP contribution in [0.2, 0.25) is 0 Å². The number of fused-ring (bicyclic) bond motifs is 20. The Labute approximate surface area is 274 Å². The molecule has 7 aromatic rings. The van der Waals surface area contributed by atoms with Gasteiger partial charge < -0.3 is 9.97 Å². The van der Waals surface area contributed by atoms with Gasteiger partial charge >= 0.3 is 50.9 Å². The van der Waals surface area contributed by atoms with Gasteiger partial charge in [0.05, 0.1) is 0 Å². The summed E-state index contributed by atoms with van der Waals surface area (Å²) >= 11 is 0.535. The van der Waals surface area contributed by atoms with Gasteiger partial charge in [-0.15, -0.1) is 0 Å². The predicted octanol–water partition coefficient (Wildman–Crippen LogP) is 7.18. The summed E-state index contributed by atoms with van der Waals surface area (Å²) in [5.41, 5.74) is 6.45. The number of rotatable bonds is 0. The van der Waals surface area contributed by atoms with Crippen LogP contribution in [0.25, 0.3) is 89.7 Å². The Kier molecular flexibility index (Phi) is 6.44. The summed E-state index contributed by atoms with van der Waals surface area (Å²) in [5.74, 6) is 2.39. The number of nitrogens with zero attached hydrogens (tertiary/aromatic N) is 6. The fourth-order valence-corrected chi connectivity index (χ4v) is 5.59. The van der Waals surface area contributed by atoms with Gasteiger partial charge in [0.2, 0.25) is 0 Å². The zero-order valence-electron chi connectivity index (χ0n) is 22.3. The van der Waals surface area contributed by atoms with E-state index in [2.05, 4.69) is 9.97 Å². The zero-order valence-corrected chi connectivity index (χ0v) is 26.2. The molecular formula is C32H18ClKN8. The van der Waals surface area contributed by atoms with Gasteiger partial charge in [-0.3, -0.25) is 0 Å². The Balaban J connectivity index is 0.00000131. The van der Waals surface area contributed by atoms with Crippen molar-refractivity contribution >= 4 is 95.0 Å². The largest absolute Gasteiger partial charge is 0.324 e. The predicted molar refractivity (Wildman–Crippen MR) is 168 cm³/mol. The first-order chi connectivity index (χ1) is 20.8. The van der Waals surface area contributed by atoms with Gasteiger partial charge in [0.15, 0.2) is 23.3 Å². The number of benzene rings is 4. The smallest absolute Gasteiger partial charge is 0.164 e. The third-order valence-corrected chi connectivity index (χ3v) is 7.46. The molecule has 10 heteroatoms. The van der Waals surface area contributed by atoms with Crippen LogP contribution in [0.15, 0.2) is 97.1 Å². The van der Waals surface area contributed by atoms with Gasteiger partial charge in [-0.2, -0.15) is 0 Å². The number of aromatic nitrogens is 8. The molecule has 194 valence electrons. The summed E-state index contributed by atoms with van der Waals surface area (Å²) in [6.07, 6.45) is 0. The van der Waals surface area contributed by atoms with Crippen LogP contribution >= 0.6 is 3.76 Å². The molecule has 0 unspecified atom stereocenters. The first-order valence-electron chi connectivity index (χ1n) is 13.4. The Morgan fingerprint density at radius 2 is 0.595 bits per heavy atom. The monoisotopic (exact) mass is 588 g/mol. The minimum Gasteiger partial charge on any atom is -0.324 e. The summed E-state index contributed by atoms with van der Waals surface area (Å²) in [6.45, 7) is 0. The summed E-state index contributed by atoms with van der Waals surface area (Å²) in [5, 5.41) is 3.82. The average molecular weight is 589 g/mol. The van der Waals surface area contributed by atoms with E-state index in [1.54, 1.807) is 0 Å². The molecule has 9 rings (SSSR count). The molecule has 2 aliphatic rings. The number of halogens is 1. The molecule has 0 aliphatic carbocycles. The second-order valence-corrected chi connectivity index (χ2v) is 9.79. The van der Waals surface area contributed by atoms with Crippen molar-refractivity contribution in [1.29, 1.82) is 0 Å². The number of nitrogens with one attached hydrogen (secondary N) is 2. The summed E-state index contributed by atoms with van der Waals surface area (Å²) in [4.78, 5) is 36.8. The van der Waals surface area contributed by atoms with Gasteiger partial charge in [0.1, 0.15) is 22.6 Å². The maximum absolute atomic E-state index is 5.02. The first kappa shape index (κ1) is 25.8. The minimum absolute atomic E-state index is 0.535. The molecule has 0 radical (unpaired) electrons. The van der Waals surface area contributed by atoms with Crippen LogP contribution in [0.4, 0.5) is 0 Å². The van der Waals surface area contributed by atoms with Crippen molar-refractivity contribution in [1.82, 2.24) is 39.9 Å². The third kappa shape index (κ3) is 4.12. The van der Waals surface area contributed by atoms with Gasteiger partial charge in [-0.1, -0.05) is 97.1 Å². The van der Waals surface area contributed by atoms with E-state index in [1.807, 2.05) is 97.1 Å². The quantitative estimate of drug-likeness (QED) is 0.182. The third-order valence-electron chi connectivity index (χ3n) is 7.46. The molecule has 0 atom stereocenters. The molecule has 0 spiro atoms. The molecule has 0 saturated heterocycles. The maximum Gasteiger partial charge on any atom is 0.164 e. The molecule has 42 heavy (non-hydrogen) atoms. The molecule has 2 N–H and O–H groups in total. The molecule has 5 heterocycles. The van der Waals surface area contributed by atoms with E-state index in [4.69, 9.17) is 33.7 Å². The molecule has 2 aliphatic heterocycles. The molecular weight excluding hydrogens is 571 g/mol. The molecule has 4 aromatic carbocycles. The van der Waals surface area contributed by atoms with Crippen molar-refractivity contribution in [2.75, 3.05) is 0 Å². The Morgan fingerprint density at radius 1 is 0.357 bits per heavy atom. The average Bonchev–Trinajstić information content (AvgIpc) is 3.78. The van der Waals surface area contributed by atoms with Crippen LogP contribution in [0.1, 0.15) is 0 Å². The van der Waals surface area contributed by atoms with E-state index in [9.17, 15) is 0 Å². The van der Waals surface area contributed by atoms with Crippen molar-refractivity contribution < 1.29 is 0 Å². The molecule has 0 amide bonds. The van der Waals surface area contributed by atoms with E-state index in [0.717, 1.165) is 43.8 Å². The van der Waals surface area contributed by atoms with Crippen molar-refractivity contribution in [3.8, 4) is 45.6 Å². The van der Waals surface area contributed by atoms with Crippen LogP contribution in [0.5, 0.6) is 0 Å². The Morgan fingerprint density at radius 3 is 0.857 bits per heavy atom. The van der Waals surface area contributed by atoms with Crippen LogP contribution < -0.4 is 0 Å². The summed E-state index contributed by atoms with van der Waals surface area (Å²) in [7, 11) is 0. The van der Waals surface area contributed by atoms with Crippen molar-refractivity contribution in [3.63, 3.8) is 0 Å². The van der Waals surface area contributed by atoms with Crippen LogP contribution in [-0.2, 0) is 0 Å². The van der Waals surface area contributed by atoms with Crippen molar-refractivity contribution in [2.24, 2.45) is 0 Å². The van der Waals surface area contributed by atoms with E-state index in [0.29, 0.717) is 93.0 Å². The second kappa shape index (κ2) is 10.5. The second-order valence-electron chi connectivity index (χ2n) is 9.79. The summed E-state index contributed by atoms with van der Waals surface area (Å²) in [6, 6.07) is 32.2. The number of hydrogen-bond acceptors (Lipinski definition) is 6. The van der Waals surface area contributed by atoms with Gasteiger partial charge in [0, 0.05) is 43.8 Å². The standard InChI is InChI=1S/C32H18N8.ClH.K/c1-2-10-18-17(9-1)25-33-26(18)38-28-21-13-5-6-14-22(21)30(35-28)40-32-24-16-8-7-15-23(24)31(36-32)39-29-20-12-4-3-11-19(20)27(34-29)37-25;;/h1-16H,(H2,33,34,35,36,37,38,39,40);1H;/q;;+1/p-1. The van der Waals surface area contributed by atoms with E-state index >= 15 is 0 Å². The van der Waals surface area contributed by atoms with Crippen molar-refractivity contribution in [2.45, 2.75) is 0 Å². The fourth-order valence-electron chi connectivity index (χ4n) is 5.59. The number of hydrogen-bond donors (Lipinski definition) is 2. The Hall–Kier alpha value is -3.83. The number of H-pyrrole nitrogens is 2. The van der Waals surface area contributed by atoms with Crippen LogP contribution in [0.3, 0.4) is 0 Å². The fraction of sp³-hybridized carbons (Fsp3) is 0. The van der Waals surface area contributed by atoms with Crippen LogP contribution in [-0.4, -0.2) is 87.0 Å². The Bertz CT molecular complexity index is 2040.